The number of aryl methyl sites for hydroxylation is 1. The summed E-state index contributed by atoms with van der Waals surface area (Å²) in [5, 5.41) is 3.19. The third-order valence-electron chi connectivity index (χ3n) is 3.40. The van der Waals surface area contributed by atoms with Crippen LogP contribution >= 0.6 is 0 Å². The van der Waals surface area contributed by atoms with Crippen molar-refractivity contribution in [2.45, 2.75) is 13.8 Å². The maximum absolute atomic E-state index is 12.2. The Kier molecular flexibility index (Phi) is 3.83. The van der Waals surface area contributed by atoms with Gasteiger partial charge in [0.05, 0.1) is 0 Å². The highest BCUT2D eigenvalue weighted by atomic mass is 16.7. The van der Waals surface area contributed by atoms with Crippen molar-refractivity contribution in [2.24, 2.45) is 0 Å². The summed E-state index contributed by atoms with van der Waals surface area (Å²) in [6.45, 7) is 4.10. The molecule has 0 bridgehead atoms. The molecule has 2 aromatic rings. The second-order valence-electron chi connectivity index (χ2n) is 5.25. The van der Waals surface area contributed by atoms with Gasteiger partial charge in [0.1, 0.15) is 0 Å². The van der Waals surface area contributed by atoms with Crippen LogP contribution in [-0.4, -0.2) is 12.6 Å². The average Bonchev–Trinajstić information content (AvgIpc) is 2.95. The van der Waals surface area contributed by atoms with Gasteiger partial charge in [-0.25, -0.2) is 0 Å². The molecule has 1 N–H and O–H groups in total. The van der Waals surface area contributed by atoms with E-state index in [0.29, 0.717) is 11.3 Å². The first-order valence-electron chi connectivity index (χ1n) is 7.08. The molecule has 0 atom stereocenters. The van der Waals surface area contributed by atoms with Gasteiger partial charge in [0, 0.05) is 29.1 Å². The fraction of sp³-hybridized carbons (Fsp3) is 0.167. The Bertz CT molecular complexity index is 732. The smallest absolute Gasteiger partial charge is 0.231 e. The Morgan fingerprint density at radius 1 is 1.09 bits per heavy atom. The molecule has 1 aliphatic heterocycles. The number of carbonyl (C=O) groups excluding carboxylic acids is 1. The molecule has 22 heavy (non-hydrogen) atoms. The van der Waals surface area contributed by atoms with E-state index in [9.17, 15) is 4.79 Å². The van der Waals surface area contributed by atoms with Crippen molar-refractivity contribution in [3.63, 3.8) is 0 Å². The van der Waals surface area contributed by atoms with E-state index in [0.717, 1.165) is 22.7 Å². The molecule has 0 spiro atoms. The predicted molar refractivity (Wildman–Crippen MR) is 85.5 cm³/mol. The van der Waals surface area contributed by atoms with Crippen LogP contribution in [0.2, 0.25) is 0 Å². The Morgan fingerprint density at radius 3 is 2.59 bits per heavy atom. The van der Waals surface area contributed by atoms with Crippen molar-refractivity contribution in [2.75, 3.05) is 12.1 Å². The average molecular weight is 295 g/mol. The zero-order valence-electron chi connectivity index (χ0n) is 12.6. The Morgan fingerprint density at radius 2 is 1.82 bits per heavy atom. The van der Waals surface area contributed by atoms with Crippen LogP contribution in [0.1, 0.15) is 22.8 Å². The molecule has 0 aliphatic carbocycles. The van der Waals surface area contributed by atoms with Crippen LogP contribution in [0.4, 0.5) is 5.69 Å². The molecule has 0 amide bonds. The second-order valence-corrected chi connectivity index (χ2v) is 5.25. The Labute approximate surface area is 129 Å². The zero-order chi connectivity index (χ0) is 15.5. The summed E-state index contributed by atoms with van der Waals surface area (Å²) in [4.78, 5) is 12.2. The van der Waals surface area contributed by atoms with Gasteiger partial charge in [-0.3, -0.25) is 4.79 Å². The number of carbonyl (C=O) groups is 1. The van der Waals surface area contributed by atoms with Crippen LogP contribution in [0.3, 0.4) is 0 Å². The molecule has 4 nitrogen and oxygen atoms in total. The molecule has 0 aromatic heterocycles. The van der Waals surface area contributed by atoms with E-state index < -0.39 is 0 Å². The molecule has 3 rings (SSSR count). The number of allylic oxidation sites excluding steroid dienone is 2. The molecule has 1 heterocycles. The first kappa shape index (κ1) is 14.2. The molecule has 112 valence electrons. The van der Waals surface area contributed by atoms with Crippen LogP contribution in [-0.2, 0) is 0 Å². The maximum atomic E-state index is 12.2. The van der Waals surface area contributed by atoms with Crippen LogP contribution in [0, 0.1) is 6.92 Å². The van der Waals surface area contributed by atoms with Crippen LogP contribution in [0.15, 0.2) is 54.2 Å². The van der Waals surface area contributed by atoms with Crippen molar-refractivity contribution >= 4 is 11.5 Å². The van der Waals surface area contributed by atoms with E-state index in [1.165, 1.54) is 0 Å². The fourth-order valence-electron chi connectivity index (χ4n) is 2.24. The standard InChI is InChI=1S/C18H17NO3/c1-12-3-5-14(6-4-12)16(20)9-13(2)19-15-7-8-17-18(10-15)22-11-21-17/h3-10,19H,11H2,1-2H3. The van der Waals surface area contributed by atoms with Crippen LogP contribution < -0.4 is 14.8 Å². The summed E-state index contributed by atoms with van der Waals surface area (Å²) in [6, 6.07) is 13.1. The normalized spacial score (nSPS) is 13.1. The minimum Gasteiger partial charge on any atom is -0.454 e. The molecular weight excluding hydrogens is 278 g/mol. The van der Waals surface area contributed by atoms with E-state index >= 15 is 0 Å². The van der Waals surface area contributed by atoms with Gasteiger partial charge in [-0.2, -0.15) is 0 Å². The minimum atomic E-state index is -0.0225. The van der Waals surface area contributed by atoms with E-state index in [2.05, 4.69) is 5.32 Å². The highest BCUT2D eigenvalue weighted by Gasteiger charge is 2.13. The van der Waals surface area contributed by atoms with Gasteiger partial charge in [-0.05, 0) is 26.0 Å². The Hall–Kier alpha value is -2.75. The highest BCUT2D eigenvalue weighted by molar-refractivity contribution is 6.05. The van der Waals surface area contributed by atoms with Gasteiger partial charge in [0.2, 0.25) is 6.79 Å². The number of anilines is 1. The molecule has 0 radical (unpaired) electrons. The summed E-state index contributed by atoms with van der Waals surface area (Å²) in [6.07, 6.45) is 1.59. The van der Waals surface area contributed by atoms with E-state index in [1.54, 1.807) is 6.08 Å². The van der Waals surface area contributed by atoms with Gasteiger partial charge >= 0.3 is 0 Å². The topological polar surface area (TPSA) is 47.6 Å². The first-order valence-corrected chi connectivity index (χ1v) is 7.08. The number of ketones is 1. The lowest BCUT2D eigenvalue weighted by molar-refractivity contribution is 0.104. The molecule has 2 aromatic carbocycles. The monoisotopic (exact) mass is 295 g/mol. The summed E-state index contributed by atoms with van der Waals surface area (Å²) in [5.74, 6) is 1.43. The van der Waals surface area contributed by atoms with Crippen molar-refractivity contribution in [3.05, 3.63) is 65.4 Å². The lowest BCUT2D eigenvalue weighted by atomic mass is 10.1. The number of benzene rings is 2. The number of fused-ring (bicyclic) bond motifs is 1. The summed E-state index contributed by atoms with van der Waals surface area (Å²) >= 11 is 0. The molecule has 0 unspecified atom stereocenters. The quantitative estimate of drug-likeness (QED) is 0.686. The third-order valence-corrected chi connectivity index (χ3v) is 3.40. The fourth-order valence-corrected chi connectivity index (χ4v) is 2.24. The van der Waals surface area contributed by atoms with Gasteiger partial charge in [-0.1, -0.05) is 29.8 Å². The van der Waals surface area contributed by atoms with Crippen LogP contribution in [0.5, 0.6) is 11.5 Å². The maximum Gasteiger partial charge on any atom is 0.231 e. The number of rotatable bonds is 4. The van der Waals surface area contributed by atoms with Crippen molar-refractivity contribution in [1.29, 1.82) is 0 Å². The molecule has 0 saturated heterocycles. The van der Waals surface area contributed by atoms with E-state index in [1.807, 2.05) is 56.3 Å². The summed E-state index contributed by atoms with van der Waals surface area (Å²) < 4.78 is 10.6. The molecule has 0 fully saturated rings. The van der Waals surface area contributed by atoms with E-state index in [-0.39, 0.29) is 12.6 Å². The molecular formula is C18H17NO3. The van der Waals surface area contributed by atoms with Gasteiger partial charge in [0.25, 0.3) is 0 Å². The SMILES string of the molecule is CC(=CC(=O)c1ccc(C)cc1)Nc1ccc2c(c1)OCO2. The van der Waals surface area contributed by atoms with E-state index in [4.69, 9.17) is 9.47 Å². The Balaban J connectivity index is 1.72. The van der Waals surface area contributed by atoms with Gasteiger partial charge < -0.3 is 14.8 Å². The number of ether oxygens (including phenoxy) is 2. The summed E-state index contributed by atoms with van der Waals surface area (Å²) in [5.41, 5.74) is 3.44. The number of nitrogens with one attached hydrogen (secondary N) is 1. The lowest BCUT2D eigenvalue weighted by Gasteiger charge is -2.07. The highest BCUT2D eigenvalue weighted by Crippen LogP contribution is 2.34. The van der Waals surface area contributed by atoms with Gasteiger partial charge in [0.15, 0.2) is 17.3 Å². The first-order chi connectivity index (χ1) is 10.6. The van der Waals surface area contributed by atoms with Crippen molar-refractivity contribution in [1.82, 2.24) is 0 Å². The van der Waals surface area contributed by atoms with Crippen molar-refractivity contribution < 1.29 is 14.3 Å². The number of hydrogen-bond donors (Lipinski definition) is 1. The predicted octanol–water partition coefficient (Wildman–Crippen LogP) is 3.92. The van der Waals surface area contributed by atoms with Gasteiger partial charge in [-0.15, -0.1) is 0 Å². The molecule has 0 saturated carbocycles. The largest absolute Gasteiger partial charge is 0.454 e. The molecule has 1 aliphatic rings. The third kappa shape index (κ3) is 3.11. The minimum absolute atomic E-state index is 0.0225. The van der Waals surface area contributed by atoms with Crippen molar-refractivity contribution in [3.8, 4) is 11.5 Å². The van der Waals surface area contributed by atoms with Crippen LogP contribution in [0.25, 0.3) is 0 Å². The molecule has 4 heteroatoms. The second kappa shape index (κ2) is 5.93. The zero-order valence-corrected chi connectivity index (χ0v) is 12.6. The lowest BCUT2D eigenvalue weighted by Crippen LogP contribution is -2.01. The summed E-state index contributed by atoms with van der Waals surface area (Å²) in [7, 11) is 0. The number of hydrogen-bond acceptors (Lipinski definition) is 4.